The number of nitrogens with zero attached hydrogens (tertiary/aromatic N) is 1. The van der Waals surface area contributed by atoms with Crippen LogP contribution < -0.4 is 9.47 Å². The molecular formula is C8H5F5INO2. The van der Waals surface area contributed by atoms with Crippen molar-refractivity contribution < 1.29 is 31.4 Å². The van der Waals surface area contributed by atoms with Crippen molar-refractivity contribution >= 4 is 22.6 Å². The summed E-state index contributed by atoms with van der Waals surface area (Å²) in [7, 11) is 1.01. The maximum absolute atomic E-state index is 12.3. The summed E-state index contributed by atoms with van der Waals surface area (Å²) in [5, 5.41) is 0. The van der Waals surface area contributed by atoms with E-state index in [0.717, 1.165) is 13.2 Å². The summed E-state index contributed by atoms with van der Waals surface area (Å²) in [4.78, 5) is 3.23. The Bertz CT molecular complexity index is 410. The molecule has 0 fully saturated rings. The fourth-order valence-corrected chi connectivity index (χ4v) is 1.62. The molecule has 1 aromatic heterocycles. The van der Waals surface area contributed by atoms with Gasteiger partial charge in [0.1, 0.15) is 5.69 Å². The normalized spacial score (nSPS) is 11.8. The number of methoxy groups -OCH3 is 1. The van der Waals surface area contributed by atoms with Crippen LogP contribution in [-0.2, 0) is 0 Å². The Balaban J connectivity index is 3.21. The molecule has 0 bridgehead atoms. The predicted octanol–water partition coefficient (Wildman–Crippen LogP) is 3.53. The number of pyridine rings is 1. The van der Waals surface area contributed by atoms with Crippen LogP contribution >= 0.6 is 22.6 Å². The fourth-order valence-electron chi connectivity index (χ4n) is 0.956. The monoisotopic (exact) mass is 369 g/mol. The van der Waals surface area contributed by atoms with Gasteiger partial charge in [-0.25, -0.2) is 13.8 Å². The summed E-state index contributed by atoms with van der Waals surface area (Å²) in [6, 6.07) is 0.800. The summed E-state index contributed by atoms with van der Waals surface area (Å²) < 4.78 is 68.8. The third kappa shape index (κ3) is 3.82. The molecule has 0 spiro atoms. The highest BCUT2D eigenvalue weighted by Gasteiger charge is 2.34. The summed E-state index contributed by atoms with van der Waals surface area (Å²) in [6.07, 6.45) is -7.85. The van der Waals surface area contributed by atoms with Gasteiger partial charge in [0.25, 0.3) is 12.3 Å². The van der Waals surface area contributed by atoms with E-state index in [0.29, 0.717) is 0 Å². The molecule has 0 aliphatic carbocycles. The highest BCUT2D eigenvalue weighted by Crippen LogP contribution is 2.37. The SMILES string of the molecule is COc1nc(C(F)F)cc(I)c1OC(F)(F)F. The number of hydrogen-bond acceptors (Lipinski definition) is 3. The van der Waals surface area contributed by atoms with E-state index in [-0.39, 0.29) is 3.57 Å². The zero-order valence-corrected chi connectivity index (χ0v) is 10.3. The highest BCUT2D eigenvalue weighted by atomic mass is 127. The lowest BCUT2D eigenvalue weighted by atomic mass is 10.3. The maximum Gasteiger partial charge on any atom is 0.573 e. The minimum Gasteiger partial charge on any atom is -0.478 e. The second-order valence-corrected chi connectivity index (χ2v) is 3.88. The van der Waals surface area contributed by atoms with E-state index < -0.39 is 30.1 Å². The van der Waals surface area contributed by atoms with Crippen molar-refractivity contribution in [3.8, 4) is 11.6 Å². The predicted molar refractivity (Wildman–Crippen MR) is 55.1 cm³/mol. The Kier molecular flexibility index (Phi) is 4.33. The molecular weight excluding hydrogens is 364 g/mol. The Morgan fingerprint density at radius 3 is 2.35 bits per heavy atom. The van der Waals surface area contributed by atoms with Crippen LogP contribution in [0.4, 0.5) is 22.0 Å². The van der Waals surface area contributed by atoms with Crippen LogP contribution in [0.3, 0.4) is 0 Å². The standard InChI is InChI=1S/C8H5F5INO2/c1-16-7-5(17-8(11,12)13)3(14)2-4(15-7)6(9)10/h2,6H,1H3. The van der Waals surface area contributed by atoms with Crippen LogP contribution in [0.2, 0.25) is 0 Å². The second-order valence-electron chi connectivity index (χ2n) is 2.72. The first-order valence-electron chi connectivity index (χ1n) is 4.03. The van der Waals surface area contributed by atoms with E-state index in [1.807, 2.05) is 0 Å². The lowest BCUT2D eigenvalue weighted by Gasteiger charge is -2.14. The fraction of sp³-hybridized carbons (Fsp3) is 0.375. The van der Waals surface area contributed by atoms with Crippen molar-refractivity contribution in [3.63, 3.8) is 0 Å². The third-order valence-electron chi connectivity index (χ3n) is 1.55. The van der Waals surface area contributed by atoms with Gasteiger partial charge in [-0.2, -0.15) is 0 Å². The molecule has 3 nitrogen and oxygen atoms in total. The zero-order valence-electron chi connectivity index (χ0n) is 8.19. The highest BCUT2D eigenvalue weighted by molar-refractivity contribution is 14.1. The van der Waals surface area contributed by atoms with Crippen molar-refractivity contribution in [3.05, 3.63) is 15.3 Å². The molecule has 0 radical (unpaired) electrons. The summed E-state index contributed by atoms with van der Waals surface area (Å²) >= 11 is 1.43. The van der Waals surface area contributed by atoms with Gasteiger partial charge < -0.3 is 9.47 Å². The quantitative estimate of drug-likeness (QED) is 0.604. The molecule has 0 N–H and O–H groups in total. The average Bonchev–Trinajstić information content (AvgIpc) is 2.18. The van der Waals surface area contributed by atoms with Gasteiger partial charge in [-0.3, -0.25) is 0 Å². The van der Waals surface area contributed by atoms with Crippen LogP contribution in [0, 0.1) is 3.57 Å². The molecule has 0 aliphatic heterocycles. The van der Waals surface area contributed by atoms with Crippen LogP contribution in [0.15, 0.2) is 6.07 Å². The van der Waals surface area contributed by atoms with Gasteiger partial charge in [-0.05, 0) is 28.7 Å². The molecule has 0 unspecified atom stereocenters. The van der Waals surface area contributed by atoms with Gasteiger partial charge in [0.2, 0.25) is 5.75 Å². The Labute approximate surface area is 106 Å². The average molecular weight is 369 g/mol. The van der Waals surface area contributed by atoms with E-state index in [4.69, 9.17) is 0 Å². The molecule has 1 heterocycles. The van der Waals surface area contributed by atoms with E-state index in [1.165, 1.54) is 22.6 Å². The lowest BCUT2D eigenvalue weighted by Crippen LogP contribution is -2.19. The molecule has 17 heavy (non-hydrogen) atoms. The summed E-state index contributed by atoms with van der Waals surface area (Å²) in [6.45, 7) is 0. The van der Waals surface area contributed by atoms with Gasteiger partial charge in [0, 0.05) is 0 Å². The topological polar surface area (TPSA) is 31.4 Å². The molecule has 0 atom stereocenters. The van der Waals surface area contributed by atoms with Gasteiger partial charge in [0.15, 0.2) is 0 Å². The zero-order chi connectivity index (χ0) is 13.2. The van der Waals surface area contributed by atoms with Crippen molar-refractivity contribution in [1.29, 1.82) is 0 Å². The summed E-state index contributed by atoms with van der Waals surface area (Å²) in [5.41, 5.74) is -0.680. The van der Waals surface area contributed by atoms with Crippen LogP contribution in [0.1, 0.15) is 12.1 Å². The number of alkyl halides is 5. The number of hydrogen-bond donors (Lipinski definition) is 0. The molecule has 0 aromatic carbocycles. The first kappa shape index (κ1) is 14.2. The minimum absolute atomic E-state index is 0.165. The molecule has 0 saturated heterocycles. The second kappa shape index (κ2) is 5.19. The third-order valence-corrected chi connectivity index (χ3v) is 2.35. The van der Waals surface area contributed by atoms with Crippen LogP contribution in [0.25, 0.3) is 0 Å². The van der Waals surface area contributed by atoms with E-state index >= 15 is 0 Å². The smallest absolute Gasteiger partial charge is 0.478 e. The largest absolute Gasteiger partial charge is 0.573 e. The van der Waals surface area contributed by atoms with E-state index in [1.54, 1.807) is 0 Å². The molecule has 0 saturated carbocycles. The lowest BCUT2D eigenvalue weighted by molar-refractivity contribution is -0.275. The minimum atomic E-state index is -4.94. The molecule has 0 aliphatic rings. The Morgan fingerprint density at radius 1 is 1.35 bits per heavy atom. The molecule has 9 heteroatoms. The number of ether oxygens (including phenoxy) is 2. The number of rotatable bonds is 3. The van der Waals surface area contributed by atoms with Crippen molar-refractivity contribution in [1.82, 2.24) is 4.98 Å². The molecule has 1 aromatic rings. The first-order valence-corrected chi connectivity index (χ1v) is 5.10. The molecule has 96 valence electrons. The van der Waals surface area contributed by atoms with Gasteiger partial charge >= 0.3 is 6.36 Å². The molecule has 0 amide bonds. The summed E-state index contributed by atoms with van der Waals surface area (Å²) in [5.74, 6) is -1.37. The van der Waals surface area contributed by atoms with Crippen molar-refractivity contribution in [2.45, 2.75) is 12.8 Å². The van der Waals surface area contributed by atoms with Gasteiger partial charge in [0.05, 0.1) is 10.7 Å². The van der Waals surface area contributed by atoms with E-state index in [2.05, 4.69) is 14.5 Å². The number of halogens is 6. The van der Waals surface area contributed by atoms with Gasteiger partial charge in [-0.15, -0.1) is 13.2 Å². The molecule has 1 rings (SSSR count). The van der Waals surface area contributed by atoms with Crippen molar-refractivity contribution in [2.75, 3.05) is 7.11 Å². The van der Waals surface area contributed by atoms with Crippen LogP contribution in [-0.4, -0.2) is 18.5 Å². The number of aromatic nitrogens is 1. The van der Waals surface area contributed by atoms with E-state index in [9.17, 15) is 22.0 Å². The maximum atomic E-state index is 12.3. The Hall–Kier alpha value is -0.870. The van der Waals surface area contributed by atoms with Gasteiger partial charge in [-0.1, -0.05) is 0 Å². The Morgan fingerprint density at radius 2 is 1.94 bits per heavy atom. The van der Waals surface area contributed by atoms with Crippen molar-refractivity contribution in [2.24, 2.45) is 0 Å². The first-order chi connectivity index (χ1) is 7.74. The van der Waals surface area contributed by atoms with Crippen LogP contribution in [0.5, 0.6) is 11.6 Å².